The Kier molecular flexibility index (Phi) is 4.80. The van der Waals surface area contributed by atoms with Gasteiger partial charge >= 0.3 is 6.03 Å². The van der Waals surface area contributed by atoms with Gasteiger partial charge in [-0.15, -0.1) is 0 Å². The number of hydrogen-bond donors (Lipinski definition) is 2. The Balaban J connectivity index is 1.36. The number of nitrogens with one attached hydrogen (secondary N) is 1. The lowest BCUT2D eigenvalue weighted by atomic mass is 10.1. The zero-order chi connectivity index (χ0) is 23.4. The van der Waals surface area contributed by atoms with Crippen molar-refractivity contribution in [2.24, 2.45) is 14.1 Å². The molecular formula is C21H25FN10O. The van der Waals surface area contributed by atoms with Gasteiger partial charge in [0.05, 0.1) is 16.6 Å². The first-order chi connectivity index (χ1) is 15.7. The average Bonchev–Trinajstić information content (AvgIpc) is 3.22. The van der Waals surface area contributed by atoms with Crippen molar-refractivity contribution in [3.8, 4) is 0 Å². The lowest BCUT2D eigenvalue weighted by Gasteiger charge is -2.40. The number of carbonyl (C=O) groups excluding carboxylic acids is 1. The summed E-state index contributed by atoms with van der Waals surface area (Å²) in [6, 6.07) is 4.10. The molecule has 11 nitrogen and oxygen atoms in total. The maximum Gasteiger partial charge on any atom is 0.323 e. The fraction of sp³-hybridized carbons (Fsp3) is 0.381. The molecule has 1 aliphatic heterocycles. The number of nitrogens with two attached hydrogens (primary N) is 1. The van der Waals surface area contributed by atoms with Crippen molar-refractivity contribution in [2.75, 3.05) is 35.6 Å². The maximum atomic E-state index is 13.6. The van der Waals surface area contributed by atoms with E-state index in [0.717, 1.165) is 16.9 Å². The summed E-state index contributed by atoms with van der Waals surface area (Å²) in [5.74, 6) is 0.972. The van der Waals surface area contributed by atoms with Crippen LogP contribution in [0.4, 0.5) is 26.8 Å². The monoisotopic (exact) mass is 452 g/mol. The van der Waals surface area contributed by atoms with Crippen LogP contribution in [0, 0.1) is 12.7 Å². The molecular weight excluding hydrogens is 427 g/mol. The zero-order valence-corrected chi connectivity index (χ0v) is 18.9. The summed E-state index contributed by atoms with van der Waals surface area (Å²) in [5, 5.41) is 13.2. The van der Waals surface area contributed by atoms with Crippen LogP contribution in [0.2, 0.25) is 0 Å². The minimum absolute atomic E-state index is 0.0174. The number of aromatic nitrogens is 6. The molecule has 172 valence electrons. The van der Waals surface area contributed by atoms with E-state index in [9.17, 15) is 9.18 Å². The van der Waals surface area contributed by atoms with Gasteiger partial charge in [0, 0.05) is 45.2 Å². The van der Waals surface area contributed by atoms with Gasteiger partial charge in [-0.25, -0.2) is 13.9 Å². The molecule has 1 fully saturated rings. The lowest BCUT2D eigenvalue weighted by Crippen LogP contribution is -2.55. The Labute approximate surface area is 189 Å². The lowest BCUT2D eigenvalue weighted by molar-refractivity contribution is 0.200. The highest BCUT2D eigenvalue weighted by Crippen LogP contribution is 2.30. The number of anilines is 3. The third-order valence-corrected chi connectivity index (χ3v) is 6.08. The van der Waals surface area contributed by atoms with Crippen LogP contribution in [-0.4, -0.2) is 66.1 Å². The van der Waals surface area contributed by atoms with Crippen LogP contribution in [0.3, 0.4) is 0 Å². The molecule has 2 amide bonds. The molecule has 0 radical (unpaired) electrons. The number of piperazine rings is 1. The van der Waals surface area contributed by atoms with Crippen LogP contribution in [-0.2, 0) is 14.1 Å². The van der Waals surface area contributed by atoms with Crippen molar-refractivity contribution in [1.29, 1.82) is 0 Å². The molecule has 4 heterocycles. The highest BCUT2D eigenvalue weighted by atomic mass is 19.1. The van der Waals surface area contributed by atoms with E-state index in [4.69, 9.17) is 5.73 Å². The molecule has 5 rings (SSSR count). The van der Waals surface area contributed by atoms with Crippen LogP contribution in [0.25, 0.3) is 21.9 Å². The van der Waals surface area contributed by atoms with Crippen LogP contribution in [0.1, 0.15) is 12.6 Å². The van der Waals surface area contributed by atoms with E-state index >= 15 is 0 Å². The highest BCUT2D eigenvalue weighted by Gasteiger charge is 2.30. The molecule has 1 saturated heterocycles. The Bertz CT molecular complexity index is 1390. The van der Waals surface area contributed by atoms with Gasteiger partial charge in [-0.3, -0.25) is 10.00 Å². The van der Waals surface area contributed by atoms with Gasteiger partial charge in [-0.05, 0) is 32.0 Å². The molecule has 12 heteroatoms. The van der Waals surface area contributed by atoms with Crippen molar-refractivity contribution in [3.63, 3.8) is 0 Å². The van der Waals surface area contributed by atoms with Crippen molar-refractivity contribution in [2.45, 2.75) is 19.9 Å². The third-order valence-electron chi connectivity index (χ3n) is 6.08. The number of carbonyl (C=O) groups is 1. The van der Waals surface area contributed by atoms with Gasteiger partial charge in [-0.2, -0.15) is 20.2 Å². The van der Waals surface area contributed by atoms with E-state index in [1.165, 1.54) is 12.1 Å². The van der Waals surface area contributed by atoms with Crippen molar-refractivity contribution < 1.29 is 9.18 Å². The number of nitrogen functional groups attached to an aromatic ring is 1. The summed E-state index contributed by atoms with van der Waals surface area (Å²) < 4.78 is 16.8. The van der Waals surface area contributed by atoms with Crippen LogP contribution < -0.4 is 16.0 Å². The first kappa shape index (κ1) is 20.9. The van der Waals surface area contributed by atoms with Gasteiger partial charge in [0.2, 0.25) is 5.95 Å². The maximum absolute atomic E-state index is 13.6. The summed E-state index contributed by atoms with van der Waals surface area (Å²) >= 11 is 0. The van der Waals surface area contributed by atoms with Crippen LogP contribution in [0.5, 0.6) is 0 Å². The number of fused-ring (bicyclic) bond motifs is 2. The fourth-order valence-electron chi connectivity index (χ4n) is 4.50. The summed E-state index contributed by atoms with van der Waals surface area (Å²) in [4.78, 5) is 25.7. The highest BCUT2D eigenvalue weighted by molar-refractivity contribution is 5.99. The second-order valence-electron chi connectivity index (χ2n) is 8.37. The molecule has 1 aromatic carbocycles. The number of rotatable bonds is 2. The van der Waals surface area contributed by atoms with E-state index in [2.05, 4.69) is 30.4 Å². The first-order valence-corrected chi connectivity index (χ1v) is 10.6. The predicted octanol–water partition coefficient (Wildman–Crippen LogP) is 2.02. The Morgan fingerprint density at radius 3 is 2.73 bits per heavy atom. The van der Waals surface area contributed by atoms with Gasteiger partial charge in [-0.1, -0.05) is 0 Å². The average molecular weight is 452 g/mol. The predicted molar refractivity (Wildman–Crippen MR) is 124 cm³/mol. The molecule has 3 aromatic heterocycles. The Morgan fingerprint density at radius 1 is 1.18 bits per heavy atom. The van der Waals surface area contributed by atoms with Gasteiger partial charge in [0.25, 0.3) is 0 Å². The van der Waals surface area contributed by atoms with Crippen LogP contribution in [0.15, 0.2) is 18.2 Å². The summed E-state index contributed by atoms with van der Waals surface area (Å²) in [6.45, 7) is 5.50. The van der Waals surface area contributed by atoms with Gasteiger partial charge < -0.3 is 15.5 Å². The normalized spacial score (nSPS) is 16.7. The number of halogens is 1. The standard InChI is InChI=1S/C21H25FN10O/c1-11-10-31(21(33)24-17-14-6-5-13(22)9-15(14)29(3)28-17)7-8-32(11)19-16-12(2)27-30(4)18(16)25-20(23)26-19/h5-6,9,11H,7-8,10H2,1-4H3,(H2,23,25,26)(H,24,28,33)/t11-/m0/s1. The largest absolute Gasteiger partial charge is 0.368 e. The second-order valence-corrected chi connectivity index (χ2v) is 8.37. The topological polar surface area (TPSA) is 123 Å². The molecule has 1 aliphatic rings. The fourth-order valence-corrected chi connectivity index (χ4v) is 4.50. The molecule has 33 heavy (non-hydrogen) atoms. The quantitative estimate of drug-likeness (QED) is 0.477. The number of hydrogen-bond acceptors (Lipinski definition) is 7. The van der Waals surface area contributed by atoms with Crippen molar-refractivity contribution >= 4 is 45.6 Å². The molecule has 0 aliphatic carbocycles. The molecule has 0 saturated carbocycles. The second kappa shape index (κ2) is 7.57. The Morgan fingerprint density at radius 2 is 1.97 bits per heavy atom. The van der Waals surface area contributed by atoms with E-state index in [-0.39, 0.29) is 23.8 Å². The number of benzene rings is 1. The number of urea groups is 1. The zero-order valence-electron chi connectivity index (χ0n) is 18.9. The summed E-state index contributed by atoms with van der Waals surface area (Å²) in [7, 11) is 3.54. The van der Waals surface area contributed by atoms with Gasteiger partial charge in [0.15, 0.2) is 11.5 Å². The molecule has 0 unspecified atom stereocenters. The Hall–Kier alpha value is -3.96. The van der Waals surface area contributed by atoms with E-state index in [0.29, 0.717) is 42.0 Å². The molecule has 0 spiro atoms. The number of amides is 2. The minimum Gasteiger partial charge on any atom is -0.368 e. The van der Waals surface area contributed by atoms with E-state index < -0.39 is 0 Å². The summed E-state index contributed by atoms with van der Waals surface area (Å²) in [6.07, 6.45) is 0. The van der Waals surface area contributed by atoms with Crippen LogP contribution >= 0.6 is 0 Å². The molecule has 1 atom stereocenters. The SMILES string of the molecule is Cc1nn(C)c2nc(N)nc(N3CCN(C(=O)Nc4nn(C)c5cc(F)ccc45)C[C@@H]3C)c12. The van der Waals surface area contributed by atoms with Crippen molar-refractivity contribution in [1.82, 2.24) is 34.4 Å². The number of nitrogens with zero attached hydrogens (tertiary/aromatic N) is 8. The third kappa shape index (κ3) is 3.47. The molecule has 0 bridgehead atoms. The molecule has 3 N–H and O–H groups in total. The van der Waals surface area contributed by atoms with Crippen molar-refractivity contribution in [3.05, 3.63) is 29.7 Å². The minimum atomic E-state index is -0.350. The first-order valence-electron chi connectivity index (χ1n) is 10.6. The number of aryl methyl sites for hydroxylation is 3. The van der Waals surface area contributed by atoms with E-state index in [1.807, 2.05) is 20.9 Å². The van der Waals surface area contributed by atoms with E-state index in [1.54, 1.807) is 27.4 Å². The van der Waals surface area contributed by atoms with Gasteiger partial charge in [0.1, 0.15) is 11.6 Å². The smallest absolute Gasteiger partial charge is 0.323 e. The summed E-state index contributed by atoms with van der Waals surface area (Å²) in [5.41, 5.74) is 8.10. The molecule has 4 aromatic rings.